The van der Waals surface area contributed by atoms with E-state index < -0.39 is 5.60 Å². The van der Waals surface area contributed by atoms with Crippen LogP contribution in [0.1, 0.15) is 33.6 Å². The molecule has 6 heteroatoms. The van der Waals surface area contributed by atoms with Crippen molar-refractivity contribution < 1.29 is 14.3 Å². The van der Waals surface area contributed by atoms with Crippen LogP contribution in [0.3, 0.4) is 0 Å². The third-order valence-corrected chi connectivity index (χ3v) is 5.93. The van der Waals surface area contributed by atoms with E-state index in [1.807, 2.05) is 37.4 Å². The summed E-state index contributed by atoms with van der Waals surface area (Å²) in [7, 11) is 0. The number of nitrogens with one attached hydrogen (secondary N) is 1. The van der Waals surface area contributed by atoms with E-state index in [0.717, 1.165) is 50.7 Å². The molecule has 0 aromatic carbocycles. The molecule has 3 aliphatic rings. The second kappa shape index (κ2) is 5.32. The summed E-state index contributed by atoms with van der Waals surface area (Å²) >= 11 is 1.97. The lowest BCUT2D eigenvalue weighted by molar-refractivity contribution is -0.0567. The number of carbonyl (C=O) groups excluding carboxylic acids is 1. The maximum absolute atomic E-state index is 12.1. The Morgan fingerprint density at radius 3 is 2.33 bits per heavy atom. The van der Waals surface area contributed by atoms with E-state index in [-0.39, 0.29) is 17.2 Å². The zero-order chi connectivity index (χ0) is 15.1. The molecule has 3 fully saturated rings. The number of ether oxygens (including phenoxy) is 2. The average Bonchev–Trinajstić information content (AvgIpc) is 2.36. The molecule has 0 saturated carbocycles. The molecule has 3 aliphatic heterocycles. The van der Waals surface area contributed by atoms with Crippen LogP contribution >= 0.6 is 11.8 Å². The Labute approximate surface area is 131 Å². The summed E-state index contributed by atoms with van der Waals surface area (Å²) in [5.74, 6) is 2.29. The van der Waals surface area contributed by atoms with Crippen LogP contribution in [-0.4, -0.2) is 65.5 Å². The first-order valence-electron chi connectivity index (χ1n) is 7.74. The third-order valence-electron chi connectivity index (χ3n) is 4.42. The van der Waals surface area contributed by atoms with E-state index >= 15 is 0 Å². The lowest BCUT2D eigenvalue weighted by atomic mass is 9.83. The smallest absolute Gasteiger partial charge is 0.410 e. The summed E-state index contributed by atoms with van der Waals surface area (Å²) in [6.45, 7) is 8.81. The van der Waals surface area contributed by atoms with Crippen LogP contribution in [0.25, 0.3) is 0 Å². The van der Waals surface area contributed by atoms with Crippen molar-refractivity contribution in [2.24, 2.45) is 0 Å². The zero-order valence-corrected chi connectivity index (χ0v) is 14.1. The monoisotopic (exact) mass is 314 g/mol. The van der Waals surface area contributed by atoms with Crippen molar-refractivity contribution in [2.45, 2.75) is 50.3 Å². The number of piperidine rings is 1. The molecule has 0 aromatic heterocycles. The van der Waals surface area contributed by atoms with Crippen molar-refractivity contribution in [3.05, 3.63) is 0 Å². The molecule has 0 bridgehead atoms. The number of hydrogen-bond donors (Lipinski definition) is 1. The van der Waals surface area contributed by atoms with Gasteiger partial charge in [-0.2, -0.15) is 11.8 Å². The number of rotatable bonds is 0. The minimum atomic E-state index is -0.425. The molecule has 1 N–H and O–H groups in total. The molecule has 0 aromatic rings. The molecule has 0 aliphatic carbocycles. The molecule has 2 spiro atoms. The number of morpholine rings is 1. The van der Waals surface area contributed by atoms with Gasteiger partial charge in [0, 0.05) is 30.1 Å². The number of carbonyl (C=O) groups is 1. The van der Waals surface area contributed by atoms with Gasteiger partial charge in [0.2, 0.25) is 0 Å². The number of nitrogens with zero attached hydrogens (tertiary/aromatic N) is 1. The molecule has 3 heterocycles. The van der Waals surface area contributed by atoms with E-state index in [2.05, 4.69) is 5.32 Å². The zero-order valence-electron chi connectivity index (χ0n) is 13.2. The van der Waals surface area contributed by atoms with Crippen LogP contribution < -0.4 is 5.32 Å². The number of thioether (sulfide) groups is 1. The number of hydrogen-bond acceptors (Lipinski definition) is 5. The molecule has 3 rings (SSSR count). The molecule has 120 valence electrons. The van der Waals surface area contributed by atoms with Gasteiger partial charge in [-0.1, -0.05) is 0 Å². The van der Waals surface area contributed by atoms with Crippen LogP contribution in [0, 0.1) is 0 Å². The Hall–Kier alpha value is -0.460. The quantitative estimate of drug-likeness (QED) is 0.740. The SMILES string of the molecule is CC(C)(C)OC(=O)N1CCC2(CC1)COCC1(CSC1)N2. The third kappa shape index (κ3) is 3.32. The number of likely N-dealkylation sites (tertiary alicyclic amines) is 1. The van der Waals surface area contributed by atoms with Gasteiger partial charge >= 0.3 is 6.09 Å². The van der Waals surface area contributed by atoms with Crippen LogP contribution in [0.15, 0.2) is 0 Å². The van der Waals surface area contributed by atoms with Gasteiger partial charge < -0.3 is 14.4 Å². The second-order valence-corrected chi connectivity index (χ2v) is 8.62. The van der Waals surface area contributed by atoms with Crippen molar-refractivity contribution in [3.8, 4) is 0 Å². The largest absolute Gasteiger partial charge is 0.444 e. The minimum Gasteiger partial charge on any atom is -0.444 e. The average molecular weight is 314 g/mol. The molecule has 0 unspecified atom stereocenters. The molecular weight excluding hydrogens is 288 g/mol. The molecule has 1 amide bonds. The van der Waals surface area contributed by atoms with E-state index in [0.29, 0.717) is 0 Å². The predicted molar refractivity (Wildman–Crippen MR) is 83.8 cm³/mol. The Kier molecular flexibility index (Phi) is 3.91. The molecular formula is C15H26N2O3S. The lowest BCUT2D eigenvalue weighted by Gasteiger charge is -2.55. The van der Waals surface area contributed by atoms with Crippen LogP contribution in [0.5, 0.6) is 0 Å². The van der Waals surface area contributed by atoms with Crippen molar-refractivity contribution in [1.29, 1.82) is 0 Å². The van der Waals surface area contributed by atoms with Gasteiger partial charge in [-0.3, -0.25) is 5.32 Å². The molecule has 0 atom stereocenters. The van der Waals surface area contributed by atoms with Crippen LogP contribution in [0.2, 0.25) is 0 Å². The molecule has 3 saturated heterocycles. The Bertz CT molecular complexity index is 410. The fraction of sp³-hybridized carbons (Fsp3) is 0.933. The Morgan fingerprint density at radius 2 is 1.81 bits per heavy atom. The fourth-order valence-electron chi connectivity index (χ4n) is 3.29. The van der Waals surface area contributed by atoms with Crippen molar-refractivity contribution in [2.75, 3.05) is 37.8 Å². The molecule has 21 heavy (non-hydrogen) atoms. The van der Waals surface area contributed by atoms with Gasteiger partial charge in [-0.25, -0.2) is 4.79 Å². The topological polar surface area (TPSA) is 50.8 Å². The Morgan fingerprint density at radius 1 is 1.19 bits per heavy atom. The standard InChI is InChI=1S/C15H26N2O3S/c1-13(2,3)20-12(18)17-6-4-14(5-7-17)8-19-9-15(16-14)10-21-11-15/h16H,4-11H2,1-3H3. The van der Waals surface area contributed by atoms with Gasteiger partial charge in [-0.05, 0) is 33.6 Å². The molecule has 5 nitrogen and oxygen atoms in total. The van der Waals surface area contributed by atoms with Crippen LogP contribution in [0.4, 0.5) is 4.79 Å². The fourth-order valence-corrected chi connectivity index (χ4v) is 4.30. The first kappa shape index (κ1) is 15.4. The Balaban J connectivity index is 1.56. The lowest BCUT2D eigenvalue weighted by Crippen LogP contribution is -2.73. The minimum absolute atomic E-state index is 0.0533. The van der Waals surface area contributed by atoms with Crippen molar-refractivity contribution >= 4 is 17.9 Å². The second-order valence-electron chi connectivity index (χ2n) is 7.64. The first-order valence-corrected chi connectivity index (χ1v) is 8.90. The van der Waals surface area contributed by atoms with E-state index in [4.69, 9.17) is 9.47 Å². The summed E-state index contributed by atoms with van der Waals surface area (Å²) in [6.07, 6.45) is 1.69. The summed E-state index contributed by atoms with van der Waals surface area (Å²) in [5, 5.41) is 3.86. The highest BCUT2D eigenvalue weighted by atomic mass is 32.2. The summed E-state index contributed by atoms with van der Waals surface area (Å²) in [6, 6.07) is 0. The number of amides is 1. The van der Waals surface area contributed by atoms with Gasteiger partial charge in [-0.15, -0.1) is 0 Å². The van der Waals surface area contributed by atoms with Gasteiger partial charge in [0.05, 0.1) is 18.8 Å². The maximum Gasteiger partial charge on any atom is 0.410 e. The highest BCUT2D eigenvalue weighted by Gasteiger charge is 2.50. The highest BCUT2D eigenvalue weighted by molar-refractivity contribution is 8.00. The molecule has 0 radical (unpaired) electrons. The van der Waals surface area contributed by atoms with Crippen molar-refractivity contribution in [3.63, 3.8) is 0 Å². The normalized spacial score (nSPS) is 27.5. The van der Waals surface area contributed by atoms with Gasteiger partial charge in [0.1, 0.15) is 5.60 Å². The highest BCUT2D eigenvalue weighted by Crippen LogP contribution is 2.38. The van der Waals surface area contributed by atoms with Gasteiger partial charge in [0.25, 0.3) is 0 Å². The summed E-state index contributed by atoms with van der Waals surface area (Å²) in [5.41, 5.74) is -0.180. The predicted octanol–water partition coefficient (Wildman–Crippen LogP) is 1.86. The summed E-state index contributed by atoms with van der Waals surface area (Å²) in [4.78, 5) is 14.0. The van der Waals surface area contributed by atoms with E-state index in [1.165, 1.54) is 0 Å². The van der Waals surface area contributed by atoms with E-state index in [9.17, 15) is 4.79 Å². The van der Waals surface area contributed by atoms with Crippen LogP contribution in [-0.2, 0) is 9.47 Å². The maximum atomic E-state index is 12.1. The van der Waals surface area contributed by atoms with Gasteiger partial charge in [0.15, 0.2) is 0 Å². The summed E-state index contributed by atoms with van der Waals surface area (Å²) < 4.78 is 11.3. The van der Waals surface area contributed by atoms with E-state index in [1.54, 1.807) is 0 Å². The first-order chi connectivity index (χ1) is 9.82. The van der Waals surface area contributed by atoms with Crippen molar-refractivity contribution in [1.82, 2.24) is 10.2 Å².